The summed E-state index contributed by atoms with van der Waals surface area (Å²) in [5.41, 5.74) is 9.62. The number of benzene rings is 3. The van der Waals surface area contributed by atoms with Gasteiger partial charge in [-0.3, -0.25) is 4.79 Å². The van der Waals surface area contributed by atoms with Gasteiger partial charge >= 0.3 is 5.97 Å². The number of hydrogen-bond acceptors (Lipinski definition) is 5. The molecule has 0 radical (unpaired) electrons. The van der Waals surface area contributed by atoms with Gasteiger partial charge in [-0.05, 0) is 42.5 Å². The average molecular weight is 455 g/mol. The van der Waals surface area contributed by atoms with Crippen LogP contribution >= 0.6 is 0 Å². The van der Waals surface area contributed by atoms with Crippen molar-refractivity contribution in [1.82, 2.24) is 4.98 Å². The van der Waals surface area contributed by atoms with Crippen molar-refractivity contribution in [1.29, 1.82) is 0 Å². The Kier molecular flexibility index (Phi) is 6.99. The van der Waals surface area contributed by atoms with Crippen molar-refractivity contribution < 1.29 is 19.4 Å². The molecule has 1 atom stereocenters. The van der Waals surface area contributed by atoms with Gasteiger partial charge in [0.05, 0.1) is 6.04 Å². The molecule has 0 saturated heterocycles. The van der Waals surface area contributed by atoms with Crippen molar-refractivity contribution in [3.63, 3.8) is 0 Å². The molecule has 0 aliphatic heterocycles. The maximum Gasteiger partial charge on any atom is 0.354 e. The molecule has 6 heteroatoms. The van der Waals surface area contributed by atoms with Gasteiger partial charge in [0.15, 0.2) is 11.5 Å². The van der Waals surface area contributed by atoms with E-state index in [1.165, 1.54) is 0 Å². The molecule has 0 amide bonds. The lowest BCUT2D eigenvalue weighted by Gasteiger charge is -2.17. The van der Waals surface area contributed by atoms with E-state index in [1.807, 2.05) is 48.5 Å². The zero-order chi connectivity index (χ0) is 24.1. The van der Waals surface area contributed by atoms with E-state index in [0.717, 1.165) is 16.5 Å². The van der Waals surface area contributed by atoms with Crippen LogP contribution in [0.3, 0.4) is 0 Å². The quantitative estimate of drug-likeness (QED) is 0.347. The number of nitrogens with two attached hydrogens (primary N) is 1. The van der Waals surface area contributed by atoms with E-state index in [9.17, 15) is 14.7 Å². The monoisotopic (exact) mass is 454 g/mol. The fourth-order valence-electron chi connectivity index (χ4n) is 4.05. The molecule has 34 heavy (non-hydrogen) atoms. The van der Waals surface area contributed by atoms with Gasteiger partial charge in [-0.15, -0.1) is 0 Å². The summed E-state index contributed by atoms with van der Waals surface area (Å²) in [4.78, 5) is 29.1. The van der Waals surface area contributed by atoms with Crippen molar-refractivity contribution in [3.05, 3.63) is 107 Å². The molecule has 172 valence electrons. The molecule has 1 heterocycles. The summed E-state index contributed by atoms with van der Waals surface area (Å²) in [6.45, 7) is 2.08. The van der Waals surface area contributed by atoms with E-state index in [2.05, 4.69) is 4.98 Å². The highest BCUT2D eigenvalue weighted by Gasteiger charge is 2.21. The first-order valence-electron chi connectivity index (χ1n) is 11.1. The first-order valence-corrected chi connectivity index (χ1v) is 11.1. The third kappa shape index (κ3) is 4.97. The molecule has 6 nitrogen and oxygen atoms in total. The predicted molar refractivity (Wildman–Crippen MR) is 131 cm³/mol. The van der Waals surface area contributed by atoms with Crippen LogP contribution < -0.4 is 10.5 Å². The number of para-hydroxylation sites is 1. The maximum atomic E-state index is 12.7. The molecule has 0 aliphatic rings. The summed E-state index contributed by atoms with van der Waals surface area (Å²) >= 11 is 0. The number of hydrogen-bond donors (Lipinski definition) is 2. The van der Waals surface area contributed by atoms with Crippen LogP contribution in [-0.4, -0.2) is 27.9 Å². The number of aromatic carboxylic acids is 1. The van der Waals surface area contributed by atoms with Crippen LogP contribution in [0, 0.1) is 6.92 Å². The van der Waals surface area contributed by atoms with E-state index in [4.69, 9.17) is 10.5 Å². The fourth-order valence-corrected chi connectivity index (χ4v) is 4.05. The molecule has 0 fully saturated rings. The minimum atomic E-state index is -1.11. The predicted octanol–water partition coefficient (Wildman–Crippen LogP) is 4.96. The Morgan fingerprint density at radius 2 is 1.65 bits per heavy atom. The molecular formula is C28H26N2O4. The van der Waals surface area contributed by atoms with E-state index in [1.54, 1.807) is 37.3 Å². The zero-order valence-corrected chi connectivity index (χ0v) is 18.9. The van der Waals surface area contributed by atoms with Crippen molar-refractivity contribution in [2.24, 2.45) is 5.73 Å². The van der Waals surface area contributed by atoms with Crippen molar-refractivity contribution in [2.45, 2.75) is 32.4 Å². The second-order valence-electron chi connectivity index (χ2n) is 8.17. The largest absolute Gasteiger partial charge is 0.487 e. The Morgan fingerprint density at radius 1 is 0.971 bits per heavy atom. The van der Waals surface area contributed by atoms with Crippen LogP contribution in [0.2, 0.25) is 0 Å². The van der Waals surface area contributed by atoms with Crippen molar-refractivity contribution in [2.75, 3.05) is 0 Å². The van der Waals surface area contributed by atoms with Crippen LogP contribution in [0.25, 0.3) is 10.9 Å². The molecule has 0 spiro atoms. The Morgan fingerprint density at radius 3 is 2.32 bits per heavy atom. The minimum Gasteiger partial charge on any atom is -0.487 e. The Labute approximate surface area is 198 Å². The molecule has 0 saturated carbocycles. The Bertz CT molecular complexity index is 1320. The van der Waals surface area contributed by atoms with E-state index < -0.39 is 12.0 Å². The lowest BCUT2D eigenvalue weighted by molar-refractivity contribution is 0.0689. The van der Waals surface area contributed by atoms with Crippen LogP contribution in [-0.2, 0) is 13.0 Å². The van der Waals surface area contributed by atoms with Crippen LogP contribution in [0.15, 0.2) is 78.9 Å². The number of aryl methyl sites for hydroxylation is 1. The first kappa shape index (κ1) is 23.1. The van der Waals surface area contributed by atoms with Crippen molar-refractivity contribution in [3.8, 4) is 5.75 Å². The number of fused-ring (bicyclic) bond motifs is 1. The van der Waals surface area contributed by atoms with Gasteiger partial charge in [0, 0.05) is 10.9 Å². The van der Waals surface area contributed by atoms with Crippen LogP contribution in [0.4, 0.5) is 0 Å². The summed E-state index contributed by atoms with van der Waals surface area (Å²) in [6.07, 6.45) is 0.814. The molecule has 4 aromatic rings. The molecule has 3 aromatic carbocycles. The number of carbonyl (C=O) groups excluding carboxylic acids is 1. The van der Waals surface area contributed by atoms with Crippen LogP contribution in [0.5, 0.6) is 5.75 Å². The maximum absolute atomic E-state index is 12.7. The normalized spacial score (nSPS) is 11.8. The topological polar surface area (TPSA) is 103 Å². The van der Waals surface area contributed by atoms with Gasteiger partial charge in [0.1, 0.15) is 17.9 Å². The number of carboxylic acid groups (broad SMARTS) is 1. The number of carboxylic acids is 1. The number of nitrogens with zero attached hydrogens (tertiary/aromatic N) is 1. The highest BCUT2D eigenvalue weighted by Crippen LogP contribution is 2.31. The third-order valence-electron chi connectivity index (χ3n) is 5.90. The Hall–Kier alpha value is -4.03. The number of pyridine rings is 1. The molecule has 1 aromatic heterocycles. The number of ketones is 1. The summed E-state index contributed by atoms with van der Waals surface area (Å²) in [7, 11) is 0. The van der Waals surface area contributed by atoms with E-state index in [-0.39, 0.29) is 11.5 Å². The van der Waals surface area contributed by atoms with Crippen molar-refractivity contribution >= 4 is 22.7 Å². The highest BCUT2D eigenvalue weighted by atomic mass is 16.5. The molecule has 0 bridgehead atoms. The molecule has 4 rings (SSSR count). The molecule has 1 unspecified atom stereocenters. The number of carbonyl (C=O) groups is 2. The number of aromatic nitrogens is 1. The number of Topliss-reactive ketones (excluding diaryl/α,β-unsaturated/α-hetero) is 1. The zero-order valence-electron chi connectivity index (χ0n) is 18.9. The van der Waals surface area contributed by atoms with Gasteiger partial charge < -0.3 is 15.6 Å². The standard InChI is InChI=1S/C28H26N2O4/c1-18-21(15-16-23(29)27(31)20-11-6-3-7-12-20)22-13-8-14-24(26(22)30-25(18)28(32)33)34-17-19-9-4-2-5-10-19/h2-14,23H,15-17,29H2,1H3,(H,32,33). The third-order valence-corrected chi connectivity index (χ3v) is 5.90. The SMILES string of the molecule is Cc1c(C(=O)O)nc2c(OCc3ccccc3)cccc2c1CCC(N)C(=O)c1ccccc1. The smallest absolute Gasteiger partial charge is 0.354 e. The first-order chi connectivity index (χ1) is 16.5. The summed E-state index contributed by atoms with van der Waals surface area (Å²) in [5.74, 6) is -0.736. The molecule has 3 N–H and O–H groups in total. The van der Waals surface area contributed by atoms with E-state index in [0.29, 0.717) is 41.8 Å². The van der Waals surface area contributed by atoms with Gasteiger partial charge in [-0.1, -0.05) is 72.8 Å². The lowest BCUT2D eigenvalue weighted by Crippen LogP contribution is -2.31. The lowest BCUT2D eigenvalue weighted by atomic mass is 9.93. The highest BCUT2D eigenvalue weighted by molar-refractivity contribution is 6.00. The Balaban J connectivity index is 1.65. The fraction of sp³-hybridized carbons (Fsp3) is 0.179. The summed E-state index contributed by atoms with van der Waals surface area (Å²) < 4.78 is 6.02. The molecule has 0 aliphatic carbocycles. The van der Waals surface area contributed by atoms with Gasteiger partial charge in [0.2, 0.25) is 0 Å². The summed E-state index contributed by atoms with van der Waals surface area (Å²) in [6, 6.07) is 23.5. The van der Waals surface area contributed by atoms with Gasteiger partial charge in [-0.2, -0.15) is 0 Å². The van der Waals surface area contributed by atoms with Gasteiger partial charge in [-0.25, -0.2) is 9.78 Å². The average Bonchev–Trinajstić information content (AvgIpc) is 2.86. The number of ether oxygens (including phenoxy) is 1. The minimum absolute atomic E-state index is 0.0266. The number of rotatable bonds is 9. The second kappa shape index (κ2) is 10.3. The van der Waals surface area contributed by atoms with Crippen LogP contribution in [0.1, 0.15) is 44.0 Å². The molecular weight excluding hydrogens is 428 g/mol. The summed E-state index contributed by atoms with van der Waals surface area (Å²) in [5, 5.41) is 10.6. The van der Waals surface area contributed by atoms with Gasteiger partial charge in [0.25, 0.3) is 0 Å². The van der Waals surface area contributed by atoms with E-state index >= 15 is 0 Å². The second-order valence-corrected chi connectivity index (χ2v) is 8.17.